The predicted molar refractivity (Wildman–Crippen MR) is 57.7 cm³/mol. The lowest BCUT2D eigenvalue weighted by Crippen LogP contribution is -2.58. The molecule has 0 radical (unpaired) electrons. The van der Waals surface area contributed by atoms with Crippen molar-refractivity contribution in [3.63, 3.8) is 0 Å². The van der Waals surface area contributed by atoms with Crippen molar-refractivity contribution in [1.82, 2.24) is 5.32 Å². The van der Waals surface area contributed by atoms with E-state index in [2.05, 4.69) is 12.2 Å². The number of nitrogens with one attached hydrogen (secondary N) is 1. The molecule has 0 aromatic heterocycles. The summed E-state index contributed by atoms with van der Waals surface area (Å²) in [6.07, 6.45) is 2.72. The number of esters is 1. The molecule has 4 nitrogen and oxygen atoms in total. The van der Waals surface area contributed by atoms with Crippen LogP contribution in [-0.4, -0.2) is 37.9 Å². The van der Waals surface area contributed by atoms with E-state index in [-0.39, 0.29) is 5.97 Å². The van der Waals surface area contributed by atoms with Crippen molar-refractivity contribution in [3.05, 3.63) is 0 Å². The Morgan fingerprint density at radius 1 is 1.53 bits per heavy atom. The Labute approximate surface area is 91.3 Å². The second kappa shape index (κ2) is 6.08. The van der Waals surface area contributed by atoms with Crippen LogP contribution < -0.4 is 5.32 Å². The Morgan fingerprint density at radius 2 is 2.33 bits per heavy atom. The maximum absolute atomic E-state index is 11.9. The van der Waals surface area contributed by atoms with Gasteiger partial charge < -0.3 is 9.47 Å². The highest BCUT2D eigenvalue weighted by Crippen LogP contribution is 2.21. The zero-order valence-electron chi connectivity index (χ0n) is 9.67. The van der Waals surface area contributed by atoms with Crippen LogP contribution in [0.2, 0.25) is 0 Å². The van der Waals surface area contributed by atoms with E-state index in [4.69, 9.17) is 9.47 Å². The first-order valence-corrected chi connectivity index (χ1v) is 5.75. The Kier molecular flexibility index (Phi) is 5.05. The number of rotatable bonds is 5. The molecule has 0 aromatic rings. The molecule has 1 rings (SSSR count). The minimum atomic E-state index is -0.593. The fraction of sp³-hybridized carbons (Fsp3) is 0.909. The van der Waals surface area contributed by atoms with Gasteiger partial charge >= 0.3 is 5.97 Å². The number of hydrogen-bond acceptors (Lipinski definition) is 4. The zero-order valence-corrected chi connectivity index (χ0v) is 9.67. The monoisotopic (exact) mass is 215 g/mol. The molecule has 1 atom stereocenters. The molecule has 0 amide bonds. The van der Waals surface area contributed by atoms with Crippen LogP contribution in [0.4, 0.5) is 0 Å². The molecule has 88 valence electrons. The molecule has 1 fully saturated rings. The van der Waals surface area contributed by atoms with Crippen LogP contribution in [-0.2, 0) is 14.3 Å². The highest BCUT2D eigenvalue weighted by molar-refractivity contribution is 5.81. The predicted octanol–water partition coefficient (Wildman–Crippen LogP) is 1.10. The lowest BCUT2D eigenvalue weighted by atomic mass is 9.92. The van der Waals surface area contributed by atoms with Crippen molar-refractivity contribution in [2.45, 2.75) is 38.6 Å². The van der Waals surface area contributed by atoms with Gasteiger partial charge in [0.2, 0.25) is 0 Å². The molecule has 0 spiro atoms. The number of hydrogen-bond donors (Lipinski definition) is 1. The molecule has 1 aliphatic rings. The third kappa shape index (κ3) is 3.18. The van der Waals surface area contributed by atoms with Gasteiger partial charge in [-0.2, -0.15) is 0 Å². The summed E-state index contributed by atoms with van der Waals surface area (Å²) in [4.78, 5) is 11.9. The molecule has 0 aliphatic carbocycles. The van der Waals surface area contributed by atoms with Gasteiger partial charge in [-0.25, -0.2) is 4.79 Å². The van der Waals surface area contributed by atoms with Crippen LogP contribution >= 0.6 is 0 Å². The number of ether oxygens (including phenoxy) is 2. The summed E-state index contributed by atoms with van der Waals surface area (Å²) >= 11 is 0. The standard InChI is InChI=1S/C11H21NO3/c1-3-7-12-11(10(13)15-4-2)6-5-8-14-9-11/h12H,3-9H2,1-2H3. The van der Waals surface area contributed by atoms with Gasteiger partial charge in [-0.1, -0.05) is 6.92 Å². The molecule has 0 saturated carbocycles. The lowest BCUT2D eigenvalue weighted by Gasteiger charge is -2.35. The van der Waals surface area contributed by atoms with E-state index in [1.807, 2.05) is 6.92 Å². The molecule has 1 N–H and O–H groups in total. The Bertz CT molecular complexity index is 200. The lowest BCUT2D eigenvalue weighted by molar-refractivity contribution is -0.157. The van der Waals surface area contributed by atoms with Gasteiger partial charge in [-0.05, 0) is 32.7 Å². The maximum Gasteiger partial charge on any atom is 0.328 e. The molecule has 1 aliphatic heterocycles. The van der Waals surface area contributed by atoms with Crippen LogP contribution in [0.25, 0.3) is 0 Å². The maximum atomic E-state index is 11.9. The van der Waals surface area contributed by atoms with Gasteiger partial charge in [0.25, 0.3) is 0 Å². The van der Waals surface area contributed by atoms with Crippen LogP contribution in [0, 0.1) is 0 Å². The molecule has 0 bridgehead atoms. The van der Waals surface area contributed by atoms with E-state index >= 15 is 0 Å². The summed E-state index contributed by atoms with van der Waals surface area (Å²) in [5.41, 5.74) is -0.593. The van der Waals surface area contributed by atoms with Crippen LogP contribution in [0.15, 0.2) is 0 Å². The van der Waals surface area contributed by atoms with E-state index < -0.39 is 5.54 Å². The van der Waals surface area contributed by atoms with Gasteiger partial charge in [0.1, 0.15) is 5.54 Å². The molecular formula is C11H21NO3. The minimum Gasteiger partial charge on any atom is -0.465 e. The first-order valence-electron chi connectivity index (χ1n) is 5.75. The minimum absolute atomic E-state index is 0.168. The highest BCUT2D eigenvalue weighted by atomic mass is 16.5. The summed E-state index contributed by atoms with van der Waals surface area (Å²) in [5, 5.41) is 3.27. The summed E-state index contributed by atoms with van der Waals surface area (Å²) in [6.45, 7) is 6.34. The smallest absolute Gasteiger partial charge is 0.328 e. The van der Waals surface area contributed by atoms with Gasteiger partial charge in [0, 0.05) is 6.61 Å². The fourth-order valence-corrected chi connectivity index (χ4v) is 1.80. The molecule has 4 heteroatoms. The molecule has 0 aromatic carbocycles. The third-order valence-electron chi connectivity index (χ3n) is 2.62. The van der Waals surface area contributed by atoms with Crippen molar-refractivity contribution >= 4 is 5.97 Å². The van der Waals surface area contributed by atoms with Crippen LogP contribution in [0.1, 0.15) is 33.1 Å². The quantitative estimate of drug-likeness (QED) is 0.698. The van der Waals surface area contributed by atoms with Crippen molar-refractivity contribution in [3.8, 4) is 0 Å². The molecule has 1 saturated heterocycles. The topological polar surface area (TPSA) is 47.6 Å². The summed E-state index contributed by atoms with van der Waals surface area (Å²) in [7, 11) is 0. The summed E-state index contributed by atoms with van der Waals surface area (Å²) in [6, 6.07) is 0. The van der Waals surface area contributed by atoms with E-state index in [1.165, 1.54) is 0 Å². The molecule has 1 unspecified atom stereocenters. The SMILES string of the molecule is CCCNC1(C(=O)OCC)CCCOC1. The van der Waals surface area contributed by atoms with Crippen LogP contribution in [0.5, 0.6) is 0 Å². The van der Waals surface area contributed by atoms with Gasteiger partial charge in [0.15, 0.2) is 0 Å². The second-order valence-electron chi connectivity index (χ2n) is 3.89. The number of carbonyl (C=O) groups excluding carboxylic acids is 1. The Morgan fingerprint density at radius 3 is 2.87 bits per heavy atom. The summed E-state index contributed by atoms with van der Waals surface area (Å²) < 4.78 is 10.5. The van der Waals surface area contributed by atoms with E-state index in [0.29, 0.717) is 13.2 Å². The van der Waals surface area contributed by atoms with E-state index in [1.54, 1.807) is 0 Å². The van der Waals surface area contributed by atoms with Gasteiger partial charge in [-0.15, -0.1) is 0 Å². The zero-order chi connectivity index (χ0) is 11.1. The third-order valence-corrected chi connectivity index (χ3v) is 2.62. The van der Waals surface area contributed by atoms with Crippen molar-refractivity contribution in [2.75, 3.05) is 26.4 Å². The van der Waals surface area contributed by atoms with Gasteiger partial charge in [-0.3, -0.25) is 5.32 Å². The van der Waals surface area contributed by atoms with Gasteiger partial charge in [0.05, 0.1) is 13.2 Å². The van der Waals surface area contributed by atoms with E-state index in [0.717, 1.165) is 32.4 Å². The van der Waals surface area contributed by atoms with Crippen molar-refractivity contribution in [2.24, 2.45) is 0 Å². The average molecular weight is 215 g/mol. The normalized spacial score (nSPS) is 26.3. The van der Waals surface area contributed by atoms with Crippen LogP contribution in [0.3, 0.4) is 0 Å². The fourth-order valence-electron chi connectivity index (χ4n) is 1.80. The first kappa shape index (κ1) is 12.5. The first-order chi connectivity index (χ1) is 7.25. The highest BCUT2D eigenvalue weighted by Gasteiger charge is 2.41. The van der Waals surface area contributed by atoms with Crippen molar-refractivity contribution < 1.29 is 14.3 Å². The average Bonchev–Trinajstić information content (AvgIpc) is 2.28. The second-order valence-corrected chi connectivity index (χ2v) is 3.89. The Hall–Kier alpha value is -0.610. The number of carbonyl (C=O) groups is 1. The largest absolute Gasteiger partial charge is 0.465 e. The molecule has 1 heterocycles. The van der Waals surface area contributed by atoms with E-state index in [9.17, 15) is 4.79 Å². The molecule has 15 heavy (non-hydrogen) atoms. The van der Waals surface area contributed by atoms with Crippen molar-refractivity contribution in [1.29, 1.82) is 0 Å². The molecular weight excluding hydrogens is 194 g/mol. The Balaban J connectivity index is 2.61. The summed E-state index contributed by atoms with van der Waals surface area (Å²) in [5.74, 6) is -0.168.